The molecule has 0 radical (unpaired) electrons. The van der Waals surface area contributed by atoms with Gasteiger partial charge >= 0.3 is 0 Å². The third kappa shape index (κ3) is 4.55. The number of rotatable bonds is 6. The molecule has 1 rings (SSSR count). The van der Waals surface area contributed by atoms with Crippen molar-refractivity contribution >= 4 is 11.7 Å². The van der Waals surface area contributed by atoms with Gasteiger partial charge in [-0.25, -0.2) is 0 Å². The number of amidine groups is 1. The van der Waals surface area contributed by atoms with Crippen LogP contribution in [0.15, 0.2) is 29.4 Å². The molecule has 0 unspecified atom stereocenters. The van der Waals surface area contributed by atoms with E-state index in [1.54, 1.807) is 36.2 Å². The summed E-state index contributed by atoms with van der Waals surface area (Å²) in [6.07, 6.45) is 0.912. The molecule has 0 aliphatic carbocycles. The Labute approximate surface area is 119 Å². The van der Waals surface area contributed by atoms with Crippen molar-refractivity contribution in [3.63, 3.8) is 0 Å². The molecule has 0 aromatic heterocycles. The SMILES string of the molecule is CN(C)CCCN(C)C(=O)c1cccc(C(N)=NO)c1. The van der Waals surface area contributed by atoms with Crippen molar-refractivity contribution in [2.45, 2.75) is 6.42 Å². The smallest absolute Gasteiger partial charge is 0.253 e. The molecule has 0 saturated carbocycles. The summed E-state index contributed by atoms with van der Waals surface area (Å²) in [4.78, 5) is 16.0. The van der Waals surface area contributed by atoms with Crippen molar-refractivity contribution in [3.05, 3.63) is 35.4 Å². The standard InChI is InChI=1S/C14H22N4O2/c1-17(2)8-5-9-18(3)14(19)12-7-4-6-11(10-12)13(15)16-20/h4,6-7,10,20H,5,8-9H2,1-3H3,(H2,15,16). The van der Waals surface area contributed by atoms with Gasteiger partial charge in [-0.2, -0.15) is 0 Å². The summed E-state index contributed by atoms with van der Waals surface area (Å²) in [6.45, 7) is 1.62. The number of hydrogen-bond acceptors (Lipinski definition) is 4. The summed E-state index contributed by atoms with van der Waals surface area (Å²) in [5.74, 6) is -0.0775. The average Bonchev–Trinajstić information content (AvgIpc) is 2.45. The Kier molecular flexibility index (Phi) is 5.99. The molecular formula is C14H22N4O2. The zero-order valence-electron chi connectivity index (χ0n) is 12.2. The van der Waals surface area contributed by atoms with Crippen LogP contribution >= 0.6 is 0 Å². The van der Waals surface area contributed by atoms with Crippen molar-refractivity contribution < 1.29 is 10.0 Å². The first-order chi connectivity index (χ1) is 9.45. The lowest BCUT2D eigenvalue weighted by molar-refractivity contribution is 0.0790. The normalized spacial score (nSPS) is 11.7. The van der Waals surface area contributed by atoms with E-state index in [4.69, 9.17) is 10.9 Å². The van der Waals surface area contributed by atoms with Gasteiger partial charge in [0.1, 0.15) is 0 Å². The third-order valence-electron chi connectivity index (χ3n) is 2.96. The minimum Gasteiger partial charge on any atom is -0.409 e. The largest absolute Gasteiger partial charge is 0.409 e. The van der Waals surface area contributed by atoms with Crippen LogP contribution < -0.4 is 5.73 Å². The minimum atomic E-state index is -0.0728. The highest BCUT2D eigenvalue weighted by Crippen LogP contribution is 2.08. The number of carbonyl (C=O) groups is 1. The average molecular weight is 278 g/mol. The van der Waals surface area contributed by atoms with Crippen LogP contribution in [0.5, 0.6) is 0 Å². The molecule has 0 bridgehead atoms. The van der Waals surface area contributed by atoms with Gasteiger partial charge in [-0.05, 0) is 39.2 Å². The number of nitrogens with two attached hydrogens (primary N) is 1. The number of nitrogens with zero attached hydrogens (tertiary/aromatic N) is 3. The second kappa shape index (κ2) is 7.49. The van der Waals surface area contributed by atoms with Crippen LogP contribution in [0.1, 0.15) is 22.3 Å². The summed E-state index contributed by atoms with van der Waals surface area (Å²) in [6, 6.07) is 6.75. The number of amides is 1. The zero-order valence-corrected chi connectivity index (χ0v) is 12.2. The van der Waals surface area contributed by atoms with Crippen LogP contribution in [0.3, 0.4) is 0 Å². The summed E-state index contributed by atoms with van der Waals surface area (Å²) in [5, 5.41) is 11.6. The van der Waals surface area contributed by atoms with Crippen LogP contribution in [0.25, 0.3) is 0 Å². The van der Waals surface area contributed by atoms with Crippen molar-refractivity contribution in [1.82, 2.24) is 9.80 Å². The molecule has 1 aromatic rings. The molecule has 1 aromatic carbocycles. The van der Waals surface area contributed by atoms with E-state index < -0.39 is 0 Å². The number of hydrogen-bond donors (Lipinski definition) is 2. The quantitative estimate of drug-likeness (QED) is 0.349. The molecule has 0 aliphatic heterocycles. The first-order valence-corrected chi connectivity index (χ1v) is 6.44. The Morgan fingerprint density at radius 3 is 2.50 bits per heavy atom. The van der Waals surface area contributed by atoms with E-state index in [9.17, 15) is 4.79 Å². The fraction of sp³-hybridized carbons (Fsp3) is 0.429. The van der Waals surface area contributed by atoms with Crippen LogP contribution in [0, 0.1) is 0 Å². The summed E-state index contributed by atoms with van der Waals surface area (Å²) in [7, 11) is 5.78. The highest BCUT2D eigenvalue weighted by Gasteiger charge is 2.12. The maximum absolute atomic E-state index is 12.3. The molecule has 20 heavy (non-hydrogen) atoms. The van der Waals surface area contributed by atoms with Crippen LogP contribution in [0.2, 0.25) is 0 Å². The highest BCUT2D eigenvalue weighted by molar-refractivity contribution is 6.01. The minimum absolute atomic E-state index is 0.00471. The fourth-order valence-electron chi connectivity index (χ4n) is 1.82. The highest BCUT2D eigenvalue weighted by atomic mass is 16.4. The second-order valence-electron chi connectivity index (χ2n) is 4.95. The zero-order chi connectivity index (χ0) is 15.1. The number of oxime groups is 1. The van der Waals surface area contributed by atoms with E-state index >= 15 is 0 Å². The first kappa shape index (κ1) is 16.0. The van der Waals surface area contributed by atoms with Gasteiger partial charge in [-0.1, -0.05) is 17.3 Å². The molecular weight excluding hydrogens is 256 g/mol. The van der Waals surface area contributed by atoms with Gasteiger partial charge in [0, 0.05) is 24.7 Å². The molecule has 0 spiro atoms. The van der Waals surface area contributed by atoms with Crippen LogP contribution in [-0.4, -0.2) is 61.0 Å². The Morgan fingerprint density at radius 1 is 1.25 bits per heavy atom. The molecule has 6 nitrogen and oxygen atoms in total. The maximum atomic E-state index is 12.3. The van der Waals surface area contributed by atoms with Crippen LogP contribution in [-0.2, 0) is 0 Å². The number of benzene rings is 1. The summed E-state index contributed by atoms with van der Waals surface area (Å²) >= 11 is 0. The lowest BCUT2D eigenvalue weighted by Crippen LogP contribution is -2.30. The maximum Gasteiger partial charge on any atom is 0.253 e. The molecule has 0 aliphatic rings. The van der Waals surface area contributed by atoms with E-state index in [1.165, 1.54) is 0 Å². The topological polar surface area (TPSA) is 82.2 Å². The van der Waals surface area contributed by atoms with Crippen molar-refractivity contribution in [1.29, 1.82) is 0 Å². The van der Waals surface area contributed by atoms with Gasteiger partial charge in [0.05, 0.1) is 0 Å². The van der Waals surface area contributed by atoms with Crippen molar-refractivity contribution in [2.24, 2.45) is 10.9 Å². The molecule has 0 fully saturated rings. The van der Waals surface area contributed by atoms with Gasteiger partial charge in [0.25, 0.3) is 5.91 Å². The van der Waals surface area contributed by atoms with E-state index in [2.05, 4.69) is 10.1 Å². The number of carbonyl (C=O) groups excluding carboxylic acids is 1. The molecule has 0 atom stereocenters. The molecule has 6 heteroatoms. The summed E-state index contributed by atoms with van der Waals surface area (Å²) < 4.78 is 0. The van der Waals surface area contributed by atoms with E-state index in [0.29, 0.717) is 17.7 Å². The van der Waals surface area contributed by atoms with Gasteiger partial charge < -0.3 is 20.7 Å². The van der Waals surface area contributed by atoms with E-state index in [1.807, 2.05) is 14.1 Å². The monoisotopic (exact) mass is 278 g/mol. The lowest BCUT2D eigenvalue weighted by atomic mass is 10.1. The fourth-order valence-corrected chi connectivity index (χ4v) is 1.82. The Balaban J connectivity index is 2.71. The predicted molar refractivity (Wildman–Crippen MR) is 79.1 cm³/mol. The Hall–Kier alpha value is -2.08. The van der Waals surface area contributed by atoms with Gasteiger partial charge in [-0.15, -0.1) is 0 Å². The molecule has 110 valence electrons. The van der Waals surface area contributed by atoms with Crippen molar-refractivity contribution in [2.75, 3.05) is 34.2 Å². The van der Waals surface area contributed by atoms with Gasteiger partial charge in [0.15, 0.2) is 5.84 Å². The third-order valence-corrected chi connectivity index (χ3v) is 2.96. The van der Waals surface area contributed by atoms with Crippen LogP contribution in [0.4, 0.5) is 0 Å². The van der Waals surface area contributed by atoms with E-state index in [-0.39, 0.29) is 11.7 Å². The van der Waals surface area contributed by atoms with Gasteiger partial charge in [0.2, 0.25) is 0 Å². The summed E-state index contributed by atoms with van der Waals surface area (Å²) in [5.41, 5.74) is 6.58. The second-order valence-corrected chi connectivity index (χ2v) is 4.95. The Morgan fingerprint density at radius 2 is 1.90 bits per heavy atom. The van der Waals surface area contributed by atoms with Gasteiger partial charge in [-0.3, -0.25) is 4.79 Å². The van der Waals surface area contributed by atoms with E-state index in [0.717, 1.165) is 13.0 Å². The lowest BCUT2D eigenvalue weighted by Gasteiger charge is -2.18. The van der Waals surface area contributed by atoms with Crippen molar-refractivity contribution in [3.8, 4) is 0 Å². The molecule has 0 saturated heterocycles. The molecule has 0 heterocycles. The first-order valence-electron chi connectivity index (χ1n) is 6.44. The Bertz CT molecular complexity index is 486. The predicted octanol–water partition coefficient (Wildman–Crippen LogP) is 0.805. The molecule has 1 amide bonds. The molecule has 3 N–H and O–H groups in total.